The Balaban J connectivity index is 2.20. The summed E-state index contributed by atoms with van der Waals surface area (Å²) in [4.78, 5) is 2.24. The average Bonchev–Trinajstić information content (AvgIpc) is 2.94. The minimum atomic E-state index is -0.210. The molecule has 0 fully saturated rings. The lowest BCUT2D eigenvalue weighted by atomic mass is 9.96. The van der Waals surface area contributed by atoms with Crippen LogP contribution in [0.1, 0.15) is 30.5 Å². The molecule has 2 rings (SSSR count). The highest BCUT2D eigenvalue weighted by atomic mass is 32.1. The number of hydrogen-bond donors (Lipinski definition) is 1. The van der Waals surface area contributed by atoms with E-state index in [0.717, 1.165) is 18.5 Å². The summed E-state index contributed by atoms with van der Waals surface area (Å²) in [6.45, 7) is 2.93. The number of thiophene rings is 1. The fourth-order valence-corrected chi connectivity index (χ4v) is 3.14. The zero-order valence-electron chi connectivity index (χ0n) is 11.9. The highest BCUT2D eigenvalue weighted by Crippen LogP contribution is 2.26. The second kappa shape index (κ2) is 6.97. The Bertz CT molecular complexity index is 510. The molecule has 2 nitrogen and oxygen atoms in total. The van der Waals surface area contributed by atoms with Gasteiger partial charge >= 0.3 is 0 Å². The van der Waals surface area contributed by atoms with Crippen LogP contribution in [0, 0.1) is 5.82 Å². The molecule has 0 amide bonds. The Morgan fingerprint density at radius 3 is 2.50 bits per heavy atom. The molecule has 0 spiro atoms. The molecule has 2 aromatic rings. The second-order valence-corrected chi connectivity index (χ2v) is 5.90. The normalized spacial score (nSPS) is 14.4. The molecule has 2 unspecified atom stereocenters. The Morgan fingerprint density at radius 1 is 1.25 bits per heavy atom. The predicted molar refractivity (Wildman–Crippen MR) is 83.2 cm³/mol. The van der Waals surface area contributed by atoms with Crippen molar-refractivity contribution >= 4 is 11.3 Å². The largest absolute Gasteiger partial charge is 0.326 e. The van der Waals surface area contributed by atoms with Gasteiger partial charge in [-0.1, -0.05) is 19.1 Å². The zero-order chi connectivity index (χ0) is 14.5. The lowest BCUT2D eigenvalue weighted by Crippen LogP contribution is -2.38. The first-order chi connectivity index (χ1) is 9.61. The Labute approximate surface area is 124 Å². The van der Waals surface area contributed by atoms with Crippen molar-refractivity contribution in [1.29, 1.82) is 0 Å². The van der Waals surface area contributed by atoms with Gasteiger partial charge in [-0.05, 0) is 53.6 Å². The third-order valence-corrected chi connectivity index (χ3v) is 4.31. The highest BCUT2D eigenvalue weighted by molar-refractivity contribution is 7.07. The summed E-state index contributed by atoms with van der Waals surface area (Å²) in [5.41, 5.74) is 8.64. The number of rotatable bonds is 6. The van der Waals surface area contributed by atoms with Crippen LogP contribution in [0.4, 0.5) is 4.39 Å². The number of hydrogen-bond acceptors (Lipinski definition) is 3. The molecule has 0 radical (unpaired) electrons. The van der Waals surface area contributed by atoms with Gasteiger partial charge in [0.15, 0.2) is 0 Å². The van der Waals surface area contributed by atoms with Crippen LogP contribution in [-0.2, 0) is 6.54 Å². The molecule has 2 atom stereocenters. The zero-order valence-corrected chi connectivity index (χ0v) is 12.7. The first kappa shape index (κ1) is 15.2. The molecule has 20 heavy (non-hydrogen) atoms. The SMILES string of the molecule is CCC(N)C(c1ccc(F)cc1)N(C)Cc1ccsc1. The van der Waals surface area contributed by atoms with Gasteiger partial charge in [-0.25, -0.2) is 4.39 Å². The Kier molecular flexibility index (Phi) is 5.29. The van der Waals surface area contributed by atoms with Crippen molar-refractivity contribution in [1.82, 2.24) is 4.90 Å². The molecule has 0 aliphatic heterocycles. The van der Waals surface area contributed by atoms with Gasteiger partial charge in [0.25, 0.3) is 0 Å². The van der Waals surface area contributed by atoms with Gasteiger partial charge in [-0.3, -0.25) is 4.90 Å². The van der Waals surface area contributed by atoms with E-state index in [1.807, 2.05) is 12.1 Å². The molecule has 2 N–H and O–H groups in total. The van der Waals surface area contributed by atoms with Crippen molar-refractivity contribution in [2.45, 2.75) is 32.0 Å². The molecule has 1 aromatic carbocycles. The van der Waals surface area contributed by atoms with Gasteiger partial charge in [0.2, 0.25) is 0 Å². The summed E-state index contributed by atoms with van der Waals surface area (Å²) in [5, 5.41) is 4.23. The number of nitrogens with two attached hydrogens (primary N) is 1. The minimum Gasteiger partial charge on any atom is -0.326 e. The number of benzene rings is 1. The van der Waals surface area contributed by atoms with Crippen LogP contribution >= 0.6 is 11.3 Å². The minimum absolute atomic E-state index is 0.0316. The molecular weight excluding hydrogens is 271 g/mol. The van der Waals surface area contributed by atoms with E-state index in [-0.39, 0.29) is 17.9 Å². The molecule has 4 heteroatoms. The molecule has 0 aliphatic carbocycles. The summed E-state index contributed by atoms with van der Waals surface area (Å²) < 4.78 is 13.1. The van der Waals surface area contributed by atoms with Gasteiger partial charge in [-0.15, -0.1) is 0 Å². The highest BCUT2D eigenvalue weighted by Gasteiger charge is 2.23. The fraction of sp³-hybridized carbons (Fsp3) is 0.375. The van der Waals surface area contributed by atoms with Gasteiger partial charge in [0.05, 0.1) is 0 Å². The van der Waals surface area contributed by atoms with Crippen LogP contribution in [0.3, 0.4) is 0 Å². The number of likely N-dealkylation sites (N-methyl/N-ethyl adjacent to an activating group) is 1. The van der Waals surface area contributed by atoms with E-state index in [0.29, 0.717) is 0 Å². The number of halogens is 1. The first-order valence-electron chi connectivity index (χ1n) is 6.84. The molecule has 1 aromatic heterocycles. The Hall–Kier alpha value is -1.23. The summed E-state index contributed by atoms with van der Waals surface area (Å²) in [6, 6.07) is 8.93. The van der Waals surface area contributed by atoms with Crippen molar-refractivity contribution in [2.24, 2.45) is 5.73 Å². The molecular formula is C16H21FN2S. The number of nitrogens with zero attached hydrogens (tertiary/aromatic N) is 1. The maximum absolute atomic E-state index is 13.1. The van der Waals surface area contributed by atoms with Crippen molar-refractivity contribution in [3.05, 3.63) is 58.0 Å². The first-order valence-corrected chi connectivity index (χ1v) is 7.78. The standard InChI is InChI=1S/C16H21FN2S/c1-3-15(18)16(13-4-6-14(17)7-5-13)19(2)10-12-8-9-20-11-12/h4-9,11,15-16H,3,10,18H2,1-2H3. The third kappa shape index (κ3) is 3.66. The molecule has 108 valence electrons. The predicted octanol–water partition coefficient (Wildman–Crippen LogP) is 3.80. The Morgan fingerprint density at radius 2 is 1.95 bits per heavy atom. The van der Waals surface area contributed by atoms with Crippen LogP contribution in [0.5, 0.6) is 0 Å². The van der Waals surface area contributed by atoms with Crippen molar-refractivity contribution in [2.75, 3.05) is 7.05 Å². The molecule has 0 saturated heterocycles. The van der Waals surface area contributed by atoms with Crippen molar-refractivity contribution in [3.63, 3.8) is 0 Å². The van der Waals surface area contributed by atoms with E-state index >= 15 is 0 Å². The van der Waals surface area contributed by atoms with Gasteiger partial charge < -0.3 is 5.73 Å². The van der Waals surface area contributed by atoms with Gasteiger partial charge in [0, 0.05) is 18.6 Å². The van der Waals surface area contributed by atoms with Crippen LogP contribution < -0.4 is 5.73 Å². The third-order valence-electron chi connectivity index (χ3n) is 3.58. The molecule has 0 aliphatic rings. The molecule has 0 saturated carbocycles. The van der Waals surface area contributed by atoms with E-state index in [2.05, 4.69) is 35.7 Å². The molecule has 0 bridgehead atoms. The van der Waals surface area contributed by atoms with Crippen LogP contribution in [0.15, 0.2) is 41.1 Å². The van der Waals surface area contributed by atoms with Crippen molar-refractivity contribution < 1.29 is 4.39 Å². The summed E-state index contributed by atoms with van der Waals surface area (Å²) in [7, 11) is 2.07. The molecule has 1 heterocycles. The van der Waals surface area contributed by atoms with Crippen LogP contribution in [0.2, 0.25) is 0 Å². The topological polar surface area (TPSA) is 29.3 Å². The van der Waals surface area contributed by atoms with E-state index in [1.54, 1.807) is 11.3 Å². The quantitative estimate of drug-likeness (QED) is 0.877. The maximum Gasteiger partial charge on any atom is 0.123 e. The smallest absolute Gasteiger partial charge is 0.123 e. The second-order valence-electron chi connectivity index (χ2n) is 5.12. The lowest BCUT2D eigenvalue weighted by Gasteiger charge is -2.32. The van der Waals surface area contributed by atoms with E-state index in [4.69, 9.17) is 5.73 Å². The average molecular weight is 292 g/mol. The van der Waals surface area contributed by atoms with E-state index < -0.39 is 0 Å². The summed E-state index contributed by atoms with van der Waals surface area (Å²) in [6.07, 6.45) is 0.885. The van der Waals surface area contributed by atoms with E-state index in [9.17, 15) is 4.39 Å². The van der Waals surface area contributed by atoms with Crippen LogP contribution in [-0.4, -0.2) is 18.0 Å². The monoisotopic (exact) mass is 292 g/mol. The maximum atomic E-state index is 13.1. The van der Waals surface area contributed by atoms with Gasteiger partial charge in [-0.2, -0.15) is 11.3 Å². The van der Waals surface area contributed by atoms with Crippen LogP contribution in [0.25, 0.3) is 0 Å². The van der Waals surface area contributed by atoms with E-state index in [1.165, 1.54) is 17.7 Å². The van der Waals surface area contributed by atoms with Gasteiger partial charge in [0.1, 0.15) is 5.82 Å². The summed E-state index contributed by atoms with van der Waals surface area (Å²) in [5.74, 6) is -0.210. The fourth-order valence-electron chi connectivity index (χ4n) is 2.48. The lowest BCUT2D eigenvalue weighted by molar-refractivity contribution is 0.202. The summed E-state index contributed by atoms with van der Waals surface area (Å²) >= 11 is 1.70. The van der Waals surface area contributed by atoms with Crippen molar-refractivity contribution in [3.8, 4) is 0 Å².